The molecule has 4 aliphatic heterocycles. The van der Waals surface area contributed by atoms with Crippen molar-refractivity contribution >= 4 is 58.9 Å². The Morgan fingerprint density at radius 3 is 1.89 bits per heavy atom. The first-order chi connectivity index (χ1) is 17.1. The largest absolute Gasteiger partial charge is 0.274 e. The van der Waals surface area contributed by atoms with E-state index in [2.05, 4.69) is 6.92 Å². The predicted molar refractivity (Wildman–Crippen MR) is 150 cm³/mol. The van der Waals surface area contributed by atoms with E-state index in [4.69, 9.17) is 0 Å². The summed E-state index contributed by atoms with van der Waals surface area (Å²) in [6.07, 6.45) is 9.20. The van der Waals surface area contributed by atoms with Crippen LogP contribution in [0.1, 0.15) is 72.6 Å². The van der Waals surface area contributed by atoms with Crippen molar-refractivity contribution in [3.8, 4) is 0 Å². The number of hydrogen-bond donors (Lipinski definition) is 0. The third-order valence-corrected chi connectivity index (χ3v) is 11.5. The highest BCUT2D eigenvalue weighted by molar-refractivity contribution is 8.03. The fraction of sp³-hybridized carbons (Fsp3) is 0.704. The van der Waals surface area contributed by atoms with Gasteiger partial charge in [0.1, 0.15) is 0 Å². The number of carbonyl (C=O) groups is 4. The van der Waals surface area contributed by atoms with Crippen LogP contribution in [0.3, 0.4) is 0 Å². The van der Waals surface area contributed by atoms with Gasteiger partial charge in [-0.1, -0.05) is 6.92 Å². The zero-order valence-electron chi connectivity index (χ0n) is 21.8. The molecule has 0 saturated carbocycles. The zero-order chi connectivity index (χ0) is 26.1. The van der Waals surface area contributed by atoms with E-state index in [0.717, 1.165) is 77.8 Å². The molecule has 0 aliphatic carbocycles. The topological polar surface area (TPSA) is 74.8 Å². The zero-order valence-corrected chi connectivity index (χ0v) is 24.3. The van der Waals surface area contributed by atoms with E-state index in [1.165, 1.54) is 4.90 Å². The average molecular weight is 551 g/mol. The molecule has 3 atom stereocenters. The Morgan fingerprint density at radius 2 is 1.33 bits per heavy atom. The molecule has 4 amide bonds. The molecule has 0 spiro atoms. The molecule has 6 nitrogen and oxygen atoms in total. The maximum Gasteiger partial charge on any atom is 0.254 e. The molecule has 36 heavy (non-hydrogen) atoms. The lowest BCUT2D eigenvalue weighted by atomic mass is 9.87. The van der Waals surface area contributed by atoms with E-state index < -0.39 is 11.1 Å². The number of imide groups is 2. The van der Waals surface area contributed by atoms with Crippen LogP contribution in [0, 0.1) is 11.8 Å². The Labute approximate surface area is 227 Å². The third kappa shape index (κ3) is 5.48. The molecule has 4 rings (SSSR count). The van der Waals surface area contributed by atoms with Crippen molar-refractivity contribution in [3.63, 3.8) is 0 Å². The van der Waals surface area contributed by atoms with Crippen LogP contribution in [0.2, 0.25) is 0 Å². The normalized spacial score (nSPS) is 26.1. The molecular formula is C27H38N2O4S3. The number of fused-ring (bicyclic) bond motifs is 2. The van der Waals surface area contributed by atoms with Crippen LogP contribution < -0.4 is 0 Å². The summed E-state index contributed by atoms with van der Waals surface area (Å²) in [4.78, 5) is 56.5. The first-order valence-electron chi connectivity index (χ1n) is 13.1. The molecule has 198 valence electrons. The fourth-order valence-electron chi connectivity index (χ4n) is 5.70. The maximum absolute atomic E-state index is 13.1. The second-order valence-electron chi connectivity index (χ2n) is 11.0. The fourth-order valence-corrected chi connectivity index (χ4v) is 8.99. The van der Waals surface area contributed by atoms with Crippen molar-refractivity contribution in [1.82, 2.24) is 9.80 Å². The molecule has 0 aromatic heterocycles. The number of nitrogens with zero attached hydrogens (tertiary/aromatic N) is 2. The van der Waals surface area contributed by atoms with Crippen molar-refractivity contribution in [1.29, 1.82) is 0 Å². The van der Waals surface area contributed by atoms with Gasteiger partial charge < -0.3 is 0 Å². The number of rotatable bonds is 11. The Morgan fingerprint density at radius 1 is 0.833 bits per heavy atom. The van der Waals surface area contributed by atoms with Gasteiger partial charge in [-0.05, 0) is 88.7 Å². The summed E-state index contributed by atoms with van der Waals surface area (Å²) in [5.74, 6) is 3.13. The number of hydrogen-bond acceptors (Lipinski definition) is 7. The van der Waals surface area contributed by atoms with Crippen LogP contribution >= 0.6 is 35.3 Å². The summed E-state index contributed by atoms with van der Waals surface area (Å²) in [6, 6.07) is 0. The molecule has 0 aromatic rings. The lowest BCUT2D eigenvalue weighted by molar-refractivity contribution is -0.154. The summed E-state index contributed by atoms with van der Waals surface area (Å²) in [6.45, 7) is 8.10. The first kappa shape index (κ1) is 27.8. The van der Waals surface area contributed by atoms with Crippen molar-refractivity contribution in [2.75, 3.05) is 23.0 Å². The highest BCUT2D eigenvalue weighted by Gasteiger charge is 2.46. The molecule has 0 aromatic carbocycles. The summed E-state index contributed by atoms with van der Waals surface area (Å²) in [5.41, 5.74) is -0.948. The Bertz CT molecular complexity index is 992. The van der Waals surface area contributed by atoms with Gasteiger partial charge in [0.05, 0.1) is 11.8 Å². The maximum atomic E-state index is 13.1. The summed E-state index contributed by atoms with van der Waals surface area (Å²) < 4.78 is 0. The Kier molecular flexibility index (Phi) is 8.72. The Hall–Kier alpha value is -1.19. The van der Waals surface area contributed by atoms with E-state index in [1.807, 2.05) is 32.5 Å². The smallest absolute Gasteiger partial charge is 0.254 e. The molecule has 9 heteroatoms. The van der Waals surface area contributed by atoms with Gasteiger partial charge in [0.2, 0.25) is 11.8 Å². The van der Waals surface area contributed by atoms with Gasteiger partial charge in [0.15, 0.2) is 0 Å². The highest BCUT2D eigenvalue weighted by Crippen LogP contribution is 2.43. The molecule has 4 aliphatic rings. The first-order valence-corrected chi connectivity index (χ1v) is 16.2. The number of amides is 4. The van der Waals surface area contributed by atoms with Gasteiger partial charge in [0, 0.05) is 33.0 Å². The summed E-state index contributed by atoms with van der Waals surface area (Å²) >= 11 is 5.15. The molecule has 0 bridgehead atoms. The number of carbonyl (C=O) groups excluding carboxylic acids is 4. The minimum Gasteiger partial charge on any atom is -0.274 e. The molecule has 0 N–H and O–H groups in total. The summed E-state index contributed by atoms with van der Waals surface area (Å²) in [5, 5.41) is 0. The van der Waals surface area contributed by atoms with E-state index in [0.29, 0.717) is 0 Å². The van der Waals surface area contributed by atoms with Crippen LogP contribution in [0.4, 0.5) is 0 Å². The lowest BCUT2D eigenvalue weighted by Gasteiger charge is -2.42. The minimum absolute atomic E-state index is 0.0123. The van der Waals surface area contributed by atoms with Crippen molar-refractivity contribution < 1.29 is 19.2 Å². The van der Waals surface area contributed by atoms with Gasteiger partial charge in [-0.15, -0.1) is 23.5 Å². The predicted octanol–water partition coefficient (Wildman–Crippen LogP) is 5.24. The SMILES string of the molecule is CCC(C)(CCCSCCCC(C)(C)N1C(=O)C=C2SCCC2C1=O)N1C(=O)C=C2SCCC2C1=O. The number of thioether (sulfide) groups is 3. The molecular weight excluding hydrogens is 513 g/mol. The monoisotopic (exact) mass is 550 g/mol. The molecule has 0 radical (unpaired) electrons. The third-order valence-electron chi connectivity index (χ3n) is 8.03. The van der Waals surface area contributed by atoms with Gasteiger partial charge in [-0.25, -0.2) is 0 Å². The van der Waals surface area contributed by atoms with Gasteiger partial charge in [-0.3, -0.25) is 29.0 Å². The van der Waals surface area contributed by atoms with Crippen molar-refractivity contribution in [2.24, 2.45) is 11.8 Å². The van der Waals surface area contributed by atoms with E-state index in [-0.39, 0.29) is 35.5 Å². The highest BCUT2D eigenvalue weighted by atomic mass is 32.2. The lowest BCUT2D eigenvalue weighted by Crippen LogP contribution is -2.55. The molecule has 2 saturated heterocycles. The van der Waals surface area contributed by atoms with Gasteiger partial charge in [-0.2, -0.15) is 11.8 Å². The van der Waals surface area contributed by atoms with Crippen molar-refractivity contribution in [2.45, 2.75) is 83.7 Å². The van der Waals surface area contributed by atoms with E-state index in [9.17, 15) is 19.2 Å². The van der Waals surface area contributed by atoms with E-state index >= 15 is 0 Å². The second kappa shape index (κ2) is 11.3. The average Bonchev–Trinajstić information content (AvgIpc) is 3.48. The van der Waals surface area contributed by atoms with Crippen LogP contribution in [-0.2, 0) is 19.2 Å². The van der Waals surface area contributed by atoms with Crippen LogP contribution in [-0.4, -0.2) is 67.5 Å². The van der Waals surface area contributed by atoms with Crippen LogP contribution in [0.5, 0.6) is 0 Å². The Balaban J connectivity index is 1.22. The molecule has 2 fully saturated rings. The quantitative estimate of drug-likeness (QED) is 0.257. The van der Waals surface area contributed by atoms with Crippen LogP contribution in [0.25, 0.3) is 0 Å². The summed E-state index contributed by atoms with van der Waals surface area (Å²) in [7, 11) is 0. The standard InChI is InChI=1S/C27H38N2O4S3/c1-5-27(4,29-23(31)17-21-19(25(29)33)9-15-36-21)11-7-13-34-12-6-10-26(2,3)28-22(30)16-20-18(24(28)32)8-14-35-20/h16-19H,5-15H2,1-4H3. The van der Waals surface area contributed by atoms with E-state index in [1.54, 1.807) is 40.6 Å². The molecule has 4 heterocycles. The minimum atomic E-state index is -0.495. The van der Waals surface area contributed by atoms with Crippen molar-refractivity contribution in [3.05, 3.63) is 22.0 Å². The second-order valence-corrected chi connectivity index (χ2v) is 14.5. The molecule has 3 unspecified atom stereocenters. The van der Waals surface area contributed by atoms with Gasteiger partial charge in [0.25, 0.3) is 11.8 Å². The van der Waals surface area contributed by atoms with Gasteiger partial charge >= 0.3 is 0 Å². The van der Waals surface area contributed by atoms with Crippen LogP contribution in [0.15, 0.2) is 22.0 Å².